The van der Waals surface area contributed by atoms with Crippen LogP contribution in [0, 0.1) is 11.8 Å². The number of allylic oxidation sites excluding steroid dienone is 2. The minimum Gasteiger partial charge on any atom is -0.354 e. The van der Waals surface area contributed by atoms with Crippen LogP contribution in [0.5, 0.6) is 0 Å². The lowest BCUT2D eigenvalue weighted by Crippen LogP contribution is -2.51. The number of carbonyl (C=O) groups excluding carboxylic acids is 2. The summed E-state index contributed by atoms with van der Waals surface area (Å²) in [6.45, 7) is 2.63. The highest BCUT2D eigenvalue weighted by molar-refractivity contribution is 6.05. The van der Waals surface area contributed by atoms with E-state index in [2.05, 4.69) is 4.98 Å². The molecule has 9 heteroatoms. The number of alkyl halides is 3. The van der Waals surface area contributed by atoms with E-state index in [1.165, 1.54) is 11.0 Å². The van der Waals surface area contributed by atoms with Crippen LogP contribution in [0.15, 0.2) is 30.5 Å². The minimum atomic E-state index is -4.40. The van der Waals surface area contributed by atoms with Crippen molar-refractivity contribution in [3.63, 3.8) is 0 Å². The summed E-state index contributed by atoms with van der Waals surface area (Å²) in [5.74, 6) is -0.138. The molecule has 2 atom stereocenters. The molecule has 0 N–H and O–H groups in total. The summed E-state index contributed by atoms with van der Waals surface area (Å²) in [4.78, 5) is 34.4. The summed E-state index contributed by atoms with van der Waals surface area (Å²) < 4.78 is 38.0. The fourth-order valence-corrected chi connectivity index (χ4v) is 4.07. The number of piperazine rings is 1. The van der Waals surface area contributed by atoms with Gasteiger partial charge >= 0.3 is 6.18 Å². The number of hydrogen-bond donors (Lipinski definition) is 0. The Morgan fingerprint density at radius 3 is 2.07 bits per heavy atom. The molecule has 3 aliphatic rings. The zero-order valence-corrected chi connectivity index (χ0v) is 15.2. The molecule has 2 amide bonds. The minimum absolute atomic E-state index is 0.0915. The van der Waals surface area contributed by atoms with Crippen molar-refractivity contribution >= 4 is 17.6 Å². The van der Waals surface area contributed by atoms with Gasteiger partial charge in [0.2, 0.25) is 11.8 Å². The van der Waals surface area contributed by atoms with Gasteiger partial charge in [0.05, 0.1) is 24.1 Å². The lowest BCUT2D eigenvalue weighted by atomic mass is 9.85. The lowest BCUT2D eigenvalue weighted by Gasteiger charge is -2.36. The molecule has 3 heterocycles. The van der Waals surface area contributed by atoms with Gasteiger partial charge in [-0.25, -0.2) is 4.98 Å². The second-order valence-corrected chi connectivity index (χ2v) is 7.41. The molecule has 0 saturated carbocycles. The highest BCUT2D eigenvalue weighted by Crippen LogP contribution is 2.35. The summed E-state index contributed by atoms with van der Waals surface area (Å²) in [6.07, 6.45) is 1.63. The van der Waals surface area contributed by atoms with Crippen molar-refractivity contribution in [3.8, 4) is 0 Å². The van der Waals surface area contributed by atoms with Crippen LogP contribution in [-0.4, -0.2) is 59.4 Å². The van der Waals surface area contributed by atoms with Gasteiger partial charge in [-0.3, -0.25) is 19.4 Å². The standard InChI is InChI=1S/C19H21F3N4O2/c20-19(21,22)13-5-6-16(23-11-13)25-9-7-24(8-10-25)12-26-17(27)14-3-1-2-4-15(14)18(26)28/h1-2,5-6,11,14-15H,3-4,7-10,12H2/t14-,15-/m0/s1. The van der Waals surface area contributed by atoms with E-state index in [0.29, 0.717) is 44.8 Å². The molecular weight excluding hydrogens is 373 g/mol. The molecule has 150 valence electrons. The zero-order chi connectivity index (χ0) is 19.9. The largest absolute Gasteiger partial charge is 0.417 e. The smallest absolute Gasteiger partial charge is 0.354 e. The number of hydrogen-bond acceptors (Lipinski definition) is 5. The predicted octanol–water partition coefficient (Wildman–Crippen LogP) is 2.13. The quantitative estimate of drug-likeness (QED) is 0.581. The first kappa shape index (κ1) is 18.9. The van der Waals surface area contributed by atoms with E-state index in [1.54, 1.807) is 0 Å². The van der Waals surface area contributed by atoms with Crippen molar-refractivity contribution in [2.75, 3.05) is 37.7 Å². The van der Waals surface area contributed by atoms with Crippen LogP contribution in [0.1, 0.15) is 18.4 Å². The van der Waals surface area contributed by atoms with Crippen LogP contribution in [-0.2, 0) is 15.8 Å². The molecule has 2 aliphatic heterocycles. The highest BCUT2D eigenvalue weighted by atomic mass is 19.4. The second-order valence-electron chi connectivity index (χ2n) is 7.41. The number of likely N-dealkylation sites (tertiary alicyclic amines) is 1. The van der Waals surface area contributed by atoms with Gasteiger partial charge in [-0.1, -0.05) is 12.2 Å². The van der Waals surface area contributed by atoms with Crippen molar-refractivity contribution in [1.29, 1.82) is 0 Å². The summed E-state index contributed by atoms with van der Waals surface area (Å²) in [5.41, 5.74) is -0.767. The number of carbonyl (C=O) groups is 2. The van der Waals surface area contributed by atoms with E-state index < -0.39 is 11.7 Å². The topological polar surface area (TPSA) is 56.8 Å². The number of nitrogens with zero attached hydrogens (tertiary/aromatic N) is 4. The Bertz CT molecular complexity index is 759. The normalized spacial score (nSPS) is 26.1. The fourth-order valence-electron chi connectivity index (χ4n) is 4.07. The molecular formula is C19H21F3N4O2. The van der Waals surface area contributed by atoms with Crippen LogP contribution in [0.3, 0.4) is 0 Å². The van der Waals surface area contributed by atoms with E-state index in [9.17, 15) is 22.8 Å². The molecule has 1 aromatic heterocycles. The van der Waals surface area contributed by atoms with Gasteiger partial charge in [-0.2, -0.15) is 13.2 Å². The van der Waals surface area contributed by atoms with E-state index in [-0.39, 0.29) is 30.3 Å². The molecule has 0 bridgehead atoms. The van der Waals surface area contributed by atoms with Gasteiger partial charge in [0.25, 0.3) is 0 Å². The third kappa shape index (κ3) is 3.50. The van der Waals surface area contributed by atoms with Gasteiger partial charge < -0.3 is 4.90 Å². The molecule has 0 aromatic carbocycles. The van der Waals surface area contributed by atoms with E-state index >= 15 is 0 Å². The van der Waals surface area contributed by atoms with Crippen LogP contribution in [0.2, 0.25) is 0 Å². The number of pyridine rings is 1. The lowest BCUT2D eigenvalue weighted by molar-refractivity contribution is -0.142. The van der Waals surface area contributed by atoms with Gasteiger partial charge in [0.1, 0.15) is 5.82 Å². The molecule has 0 unspecified atom stereocenters. The Hall–Kier alpha value is -2.42. The summed E-state index contributed by atoms with van der Waals surface area (Å²) in [6, 6.07) is 2.41. The van der Waals surface area contributed by atoms with E-state index in [0.717, 1.165) is 12.3 Å². The third-order valence-corrected chi connectivity index (χ3v) is 5.71. The average Bonchev–Trinajstić information content (AvgIpc) is 2.93. The monoisotopic (exact) mass is 394 g/mol. The Morgan fingerprint density at radius 1 is 0.964 bits per heavy atom. The molecule has 0 radical (unpaired) electrons. The maximum Gasteiger partial charge on any atom is 0.417 e. The van der Waals surface area contributed by atoms with Crippen LogP contribution < -0.4 is 4.90 Å². The highest BCUT2D eigenvalue weighted by Gasteiger charge is 2.47. The first-order valence-corrected chi connectivity index (χ1v) is 9.35. The van der Waals surface area contributed by atoms with Crippen molar-refractivity contribution in [2.24, 2.45) is 11.8 Å². The Kier molecular flexibility index (Phi) is 4.86. The van der Waals surface area contributed by atoms with Crippen LogP contribution in [0.4, 0.5) is 19.0 Å². The number of aromatic nitrogens is 1. The Morgan fingerprint density at radius 2 is 1.57 bits per heavy atom. The van der Waals surface area contributed by atoms with Gasteiger partial charge in [-0.15, -0.1) is 0 Å². The van der Waals surface area contributed by atoms with Gasteiger partial charge in [0, 0.05) is 32.4 Å². The molecule has 1 aromatic rings. The SMILES string of the molecule is O=C1[C@H]2CC=CC[C@@H]2C(=O)N1CN1CCN(c2ccc(C(F)(F)F)cn2)CC1. The Labute approximate surface area is 160 Å². The fraction of sp³-hybridized carbons (Fsp3) is 0.526. The van der Waals surface area contributed by atoms with Crippen molar-refractivity contribution < 1.29 is 22.8 Å². The number of anilines is 1. The maximum absolute atomic E-state index is 12.7. The summed E-state index contributed by atoms with van der Waals surface area (Å²) in [5, 5.41) is 0. The van der Waals surface area contributed by atoms with Crippen molar-refractivity contribution in [3.05, 3.63) is 36.0 Å². The second kappa shape index (κ2) is 7.20. The molecule has 2 fully saturated rings. The molecule has 2 saturated heterocycles. The maximum atomic E-state index is 12.7. The molecule has 0 spiro atoms. The van der Waals surface area contributed by atoms with Crippen molar-refractivity contribution in [2.45, 2.75) is 19.0 Å². The van der Waals surface area contributed by atoms with Gasteiger partial charge in [0.15, 0.2) is 0 Å². The summed E-state index contributed by atoms with van der Waals surface area (Å²) in [7, 11) is 0. The third-order valence-electron chi connectivity index (χ3n) is 5.71. The number of imide groups is 1. The number of amides is 2. The van der Waals surface area contributed by atoms with Crippen LogP contribution >= 0.6 is 0 Å². The zero-order valence-electron chi connectivity index (χ0n) is 15.2. The first-order chi connectivity index (χ1) is 13.3. The molecule has 6 nitrogen and oxygen atoms in total. The summed E-state index contributed by atoms with van der Waals surface area (Å²) >= 11 is 0. The number of rotatable bonds is 3. The number of halogens is 3. The molecule has 4 rings (SSSR count). The molecule has 28 heavy (non-hydrogen) atoms. The first-order valence-electron chi connectivity index (χ1n) is 9.35. The predicted molar refractivity (Wildman–Crippen MR) is 95.1 cm³/mol. The number of fused-ring (bicyclic) bond motifs is 1. The van der Waals surface area contributed by atoms with Gasteiger partial charge in [-0.05, 0) is 25.0 Å². The van der Waals surface area contributed by atoms with Crippen molar-refractivity contribution in [1.82, 2.24) is 14.8 Å². The van der Waals surface area contributed by atoms with E-state index in [4.69, 9.17) is 0 Å². The average molecular weight is 394 g/mol. The van der Waals surface area contributed by atoms with Crippen LogP contribution in [0.25, 0.3) is 0 Å². The molecule has 1 aliphatic carbocycles. The Balaban J connectivity index is 1.33. The van der Waals surface area contributed by atoms with E-state index in [1.807, 2.05) is 22.0 Å².